The molecule has 0 aromatic heterocycles. The largest absolute Gasteiger partial charge is 0.493 e. The van der Waals surface area contributed by atoms with Gasteiger partial charge in [0.1, 0.15) is 11.8 Å². The molecule has 1 aromatic rings. The van der Waals surface area contributed by atoms with Gasteiger partial charge in [0.05, 0.1) is 6.61 Å². The number of benzene rings is 1. The van der Waals surface area contributed by atoms with Crippen molar-refractivity contribution in [1.82, 2.24) is 0 Å². The molecule has 0 heterocycles. The minimum Gasteiger partial charge on any atom is -0.493 e. The second-order valence-corrected chi connectivity index (χ2v) is 3.60. The molecule has 1 unspecified atom stereocenters. The summed E-state index contributed by atoms with van der Waals surface area (Å²) in [4.78, 5) is 10.6. The Morgan fingerprint density at radius 3 is 2.65 bits per heavy atom. The van der Waals surface area contributed by atoms with Crippen molar-refractivity contribution in [2.24, 2.45) is 5.73 Å². The summed E-state index contributed by atoms with van der Waals surface area (Å²) in [5.41, 5.74) is 6.30. The molecule has 4 nitrogen and oxygen atoms in total. The molecule has 0 radical (unpaired) electrons. The van der Waals surface area contributed by atoms with E-state index in [1.807, 2.05) is 0 Å². The molecule has 0 amide bonds. The maximum absolute atomic E-state index is 10.6. The molecule has 0 spiro atoms. The number of terminal acetylenes is 1. The van der Waals surface area contributed by atoms with Crippen molar-refractivity contribution in [3.63, 3.8) is 0 Å². The van der Waals surface area contributed by atoms with Crippen LogP contribution in [0.1, 0.15) is 12.0 Å². The number of carbonyl (C=O) groups is 1. The van der Waals surface area contributed by atoms with Crippen LogP contribution in [0.15, 0.2) is 24.3 Å². The number of ether oxygens (including phenoxy) is 1. The van der Waals surface area contributed by atoms with Crippen LogP contribution < -0.4 is 10.5 Å². The third kappa shape index (κ3) is 4.58. The summed E-state index contributed by atoms with van der Waals surface area (Å²) < 4.78 is 5.36. The van der Waals surface area contributed by atoms with Crippen LogP contribution in [0.5, 0.6) is 5.75 Å². The lowest BCUT2D eigenvalue weighted by Crippen LogP contribution is -2.32. The molecule has 90 valence electrons. The second-order valence-electron chi connectivity index (χ2n) is 3.60. The maximum atomic E-state index is 10.6. The third-order valence-electron chi connectivity index (χ3n) is 2.21. The van der Waals surface area contributed by atoms with Crippen molar-refractivity contribution in [2.45, 2.75) is 18.9 Å². The lowest BCUT2D eigenvalue weighted by Gasteiger charge is -2.08. The SMILES string of the molecule is C#CCCOc1ccc(CC(N)C(=O)O)cc1. The van der Waals surface area contributed by atoms with Crippen LogP contribution in [0.2, 0.25) is 0 Å². The van der Waals surface area contributed by atoms with E-state index in [0.29, 0.717) is 25.2 Å². The van der Waals surface area contributed by atoms with Gasteiger partial charge in [-0.3, -0.25) is 4.79 Å². The van der Waals surface area contributed by atoms with Gasteiger partial charge in [0.2, 0.25) is 0 Å². The van der Waals surface area contributed by atoms with E-state index in [2.05, 4.69) is 5.92 Å². The van der Waals surface area contributed by atoms with E-state index in [0.717, 1.165) is 5.56 Å². The number of nitrogens with two attached hydrogens (primary N) is 1. The Kier molecular flexibility index (Phi) is 5.05. The zero-order valence-corrected chi connectivity index (χ0v) is 9.43. The zero-order valence-electron chi connectivity index (χ0n) is 9.43. The predicted octanol–water partition coefficient (Wildman–Crippen LogP) is 1.04. The van der Waals surface area contributed by atoms with Gasteiger partial charge in [-0.25, -0.2) is 0 Å². The van der Waals surface area contributed by atoms with Crippen LogP contribution in [0.4, 0.5) is 0 Å². The molecule has 1 rings (SSSR count). The number of rotatable bonds is 6. The summed E-state index contributed by atoms with van der Waals surface area (Å²) in [5, 5.41) is 8.67. The molecule has 0 bridgehead atoms. The highest BCUT2D eigenvalue weighted by atomic mass is 16.5. The van der Waals surface area contributed by atoms with Crippen LogP contribution in [-0.2, 0) is 11.2 Å². The van der Waals surface area contributed by atoms with Crippen molar-refractivity contribution < 1.29 is 14.6 Å². The first-order chi connectivity index (χ1) is 8.13. The van der Waals surface area contributed by atoms with Gasteiger partial charge in [-0.1, -0.05) is 12.1 Å². The van der Waals surface area contributed by atoms with Crippen LogP contribution in [0.3, 0.4) is 0 Å². The summed E-state index contributed by atoms with van der Waals surface area (Å²) in [6.45, 7) is 0.477. The fourth-order valence-electron chi connectivity index (χ4n) is 1.29. The third-order valence-corrected chi connectivity index (χ3v) is 2.21. The number of hydrogen-bond donors (Lipinski definition) is 2. The minimum absolute atomic E-state index is 0.306. The van der Waals surface area contributed by atoms with Crippen molar-refractivity contribution in [3.8, 4) is 18.1 Å². The Balaban J connectivity index is 2.50. The van der Waals surface area contributed by atoms with E-state index in [9.17, 15) is 4.79 Å². The molecule has 17 heavy (non-hydrogen) atoms. The summed E-state index contributed by atoms with van der Waals surface area (Å²) in [5.74, 6) is 2.20. The van der Waals surface area contributed by atoms with E-state index in [1.165, 1.54) is 0 Å². The van der Waals surface area contributed by atoms with Crippen molar-refractivity contribution in [3.05, 3.63) is 29.8 Å². The fourth-order valence-corrected chi connectivity index (χ4v) is 1.29. The van der Waals surface area contributed by atoms with E-state index in [1.54, 1.807) is 24.3 Å². The Morgan fingerprint density at radius 2 is 2.12 bits per heavy atom. The highest BCUT2D eigenvalue weighted by molar-refractivity contribution is 5.73. The van der Waals surface area contributed by atoms with E-state index in [-0.39, 0.29) is 0 Å². The lowest BCUT2D eigenvalue weighted by molar-refractivity contribution is -0.138. The number of hydrogen-bond acceptors (Lipinski definition) is 3. The van der Waals surface area contributed by atoms with Crippen molar-refractivity contribution in [1.29, 1.82) is 0 Å². The summed E-state index contributed by atoms with van der Waals surface area (Å²) in [7, 11) is 0. The monoisotopic (exact) mass is 233 g/mol. The molecule has 0 fully saturated rings. The molecule has 0 saturated heterocycles. The van der Waals surface area contributed by atoms with Gasteiger partial charge in [0.25, 0.3) is 0 Å². The Labute approximate surface area is 100 Å². The molecular formula is C13H15NO3. The van der Waals surface area contributed by atoms with Gasteiger partial charge in [0, 0.05) is 6.42 Å². The van der Waals surface area contributed by atoms with Crippen molar-refractivity contribution >= 4 is 5.97 Å². The highest BCUT2D eigenvalue weighted by Crippen LogP contribution is 2.13. The normalized spacial score (nSPS) is 11.5. The number of carboxylic acid groups (broad SMARTS) is 1. The second kappa shape index (κ2) is 6.56. The Hall–Kier alpha value is -1.99. The first-order valence-corrected chi connectivity index (χ1v) is 5.27. The standard InChI is InChI=1S/C13H15NO3/c1-2-3-8-17-11-6-4-10(5-7-11)9-12(14)13(15)16/h1,4-7,12H,3,8-9,14H2,(H,15,16). The van der Waals surface area contributed by atoms with Gasteiger partial charge in [0.15, 0.2) is 0 Å². The molecule has 1 aromatic carbocycles. The molecule has 1 atom stereocenters. The molecule has 0 aliphatic carbocycles. The molecule has 0 saturated carbocycles. The Bertz CT molecular complexity index is 406. The van der Waals surface area contributed by atoms with Crippen molar-refractivity contribution in [2.75, 3.05) is 6.61 Å². The van der Waals surface area contributed by atoms with Gasteiger partial charge < -0.3 is 15.6 Å². The first kappa shape index (κ1) is 13.1. The molecule has 0 aliphatic rings. The topological polar surface area (TPSA) is 72.5 Å². The molecular weight excluding hydrogens is 218 g/mol. The molecule has 0 aliphatic heterocycles. The average Bonchev–Trinajstić information content (AvgIpc) is 2.31. The highest BCUT2D eigenvalue weighted by Gasteiger charge is 2.11. The summed E-state index contributed by atoms with van der Waals surface area (Å²) in [6.07, 6.45) is 5.97. The van der Waals surface area contributed by atoms with Gasteiger partial charge in [-0.15, -0.1) is 12.3 Å². The zero-order chi connectivity index (χ0) is 12.7. The van der Waals surface area contributed by atoms with Crippen LogP contribution in [0.25, 0.3) is 0 Å². The van der Waals surface area contributed by atoms with Gasteiger partial charge >= 0.3 is 5.97 Å². The predicted molar refractivity (Wildman–Crippen MR) is 64.7 cm³/mol. The van der Waals surface area contributed by atoms with Crippen LogP contribution in [-0.4, -0.2) is 23.7 Å². The minimum atomic E-state index is -1.00. The lowest BCUT2D eigenvalue weighted by atomic mass is 10.1. The molecule has 3 N–H and O–H groups in total. The molecule has 4 heteroatoms. The smallest absolute Gasteiger partial charge is 0.320 e. The van der Waals surface area contributed by atoms with E-state index < -0.39 is 12.0 Å². The van der Waals surface area contributed by atoms with E-state index in [4.69, 9.17) is 22.0 Å². The fraction of sp³-hybridized carbons (Fsp3) is 0.308. The van der Waals surface area contributed by atoms with Crippen LogP contribution >= 0.6 is 0 Å². The quantitative estimate of drug-likeness (QED) is 0.569. The van der Waals surface area contributed by atoms with E-state index >= 15 is 0 Å². The summed E-state index contributed by atoms with van der Waals surface area (Å²) >= 11 is 0. The average molecular weight is 233 g/mol. The Morgan fingerprint density at radius 1 is 1.47 bits per heavy atom. The number of aliphatic carboxylic acids is 1. The first-order valence-electron chi connectivity index (χ1n) is 5.27. The van der Waals surface area contributed by atoms with Gasteiger partial charge in [-0.05, 0) is 24.1 Å². The number of carboxylic acids is 1. The van der Waals surface area contributed by atoms with Crippen LogP contribution in [0, 0.1) is 12.3 Å². The van der Waals surface area contributed by atoms with Gasteiger partial charge in [-0.2, -0.15) is 0 Å². The maximum Gasteiger partial charge on any atom is 0.320 e. The summed E-state index contributed by atoms with van der Waals surface area (Å²) in [6, 6.07) is 6.28.